The van der Waals surface area contributed by atoms with E-state index in [1.54, 1.807) is 6.20 Å². The molecule has 2 aromatic heterocycles. The molecule has 2 heterocycles. The molecule has 1 N–H and O–H groups in total. The molecular weight excluding hydrogens is 238 g/mol. The van der Waals surface area contributed by atoms with Crippen LogP contribution in [-0.2, 0) is 20.1 Å². The third-order valence-electron chi connectivity index (χ3n) is 3.28. The smallest absolute Gasteiger partial charge is 0.0692 e. The number of para-hydroxylation sites is 1. The van der Waals surface area contributed by atoms with Gasteiger partial charge in [-0.25, -0.2) is 0 Å². The fraction of sp³-hybridized carbons (Fsp3) is 0.286. The van der Waals surface area contributed by atoms with E-state index in [0.717, 1.165) is 19.6 Å². The van der Waals surface area contributed by atoms with Crippen LogP contribution in [0.25, 0.3) is 10.9 Å². The molecule has 0 atom stereocenters. The van der Waals surface area contributed by atoms with E-state index in [-0.39, 0.29) is 0 Å². The molecule has 0 spiro atoms. The number of nitrogens with zero attached hydrogens (tertiary/aromatic N) is 4. The summed E-state index contributed by atoms with van der Waals surface area (Å²) in [5.74, 6) is 0. The molecule has 0 unspecified atom stereocenters. The normalized spacial score (nSPS) is 11.2. The largest absolute Gasteiger partial charge is 0.350 e. The van der Waals surface area contributed by atoms with Gasteiger partial charge in [-0.1, -0.05) is 23.4 Å². The zero-order valence-corrected chi connectivity index (χ0v) is 11.0. The Morgan fingerprint density at radius 3 is 3.00 bits per heavy atom. The Balaban J connectivity index is 1.62. The van der Waals surface area contributed by atoms with Gasteiger partial charge in [-0.05, 0) is 11.6 Å². The summed E-state index contributed by atoms with van der Waals surface area (Å²) < 4.78 is 4.00. The molecular formula is C14H17N5. The maximum atomic E-state index is 3.94. The average Bonchev–Trinajstić information content (AvgIpc) is 3.04. The Bertz CT molecular complexity index is 654. The van der Waals surface area contributed by atoms with Crippen LogP contribution in [0.2, 0.25) is 0 Å². The van der Waals surface area contributed by atoms with Gasteiger partial charge in [0.25, 0.3) is 0 Å². The van der Waals surface area contributed by atoms with Crippen molar-refractivity contribution in [3.8, 4) is 0 Å². The van der Waals surface area contributed by atoms with Gasteiger partial charge in [0.1, 0.15) is 0 Å². The van der Waals surface area contributed by atoms with Crippen LogP contribution in [0, 0.1) is 0 Å². The van der Waals surface area contributed by atoms with Crippen molar-refractivity contribution >= 4 is 10.9 Å². The minimum Gasteiger partial charge on any atom is -0.350 e. The standard InChI is InChI=1S/C14H17N5/c1-18-11-12(13-4-2-3-5-14(13)18)10-15-6-8-19-9-7-16-17-19/h2-5,7,9,11,15H,6,8,10H2,1H3. The highest BCUT2D eigenvalue weighted by molar-refractivity contribution is 5.83. The summed E-state index contributed by atoms with van der Waals surface area (Å²) in [6.45, 7) is 2.59. The maximum Gasteiger partial charge on any atom is 0.0692 e. The van der Waals surface area contributed by atoms with Gasteiger partial charge in [0, 0.05) is 43.4 Å². The van der Waals surface area contributed by atoms with Crippen molar-refractivity contribution in [3.05, 3.63) is 48.4 Å². The predicted octanol–water partition coefficient (Wildman–Crippen LogP) is 1.56. The molecule has 5 heteroatoms. The first-order valence-corrected chi connectivity index (χ1v) is 6.42. The fourth-order valence-electron chi connectivity index (χ4n) is 2.34. The molecule has 0 fully saturated rings. The highest BCUT2D eigenvalue weighted by Crippen LogP contribution is 2.19. The number of benzene rings is 1. The van der Waals surface area contributed by atoms with Gasteiger partial charge in [0.15, 0.2) is 0 Å². The lowest BCUT2D eigenvalue weighted by Crippen LogP contribution is -2.19. The van der Waals surface area contributed by atoms with Crippen molar-refractivity contribution in [1.29, 1.82) is 0 Å². The lowest BCUT2D eigenvalue weighted by Gasteiger charge is -2.03. The van der Waals surface area contributed by atoms with E-state index < -0.39 is 0 Å². The summed E-state index contributed by atoms with van der Waals surface area (Å²) in [5.41, 5.74) is 2.60. The topological polar surface area (TPSA) is 47.7 Å². The summed E-state index contributed by atoms with van der Waals surface area (Å²) in [7, 11) is 2.08. The first-order valence-electron chi connectivity index (χ1n) is 6.42. The lowest BCUT2D eigenvalue weighted by molar-refractivity contribution is 0.540. The summed E-state index contributed by atoms with van der Waals surface area (Å²) >= 11 is 0. The van der Waals surface area contributed by atoms with Crippen LogP contribution in [0.15, 0.2) is 42.9 Å². The van der Waals surface area contributed by atoms with Crippen molar-refractivity contribution in [2.75, 3.05) is 6.54 Å². The van der Waals surface area contributed by atoms with E-state index in [2.05, 4.69) is 57.7 Å². The SMILES string of the molecule is Cn1cc(CNCCn2ccnn2)c2ccccc21. The van der Waals surface area contributed by atoms with E-state index in [4.69, 9.17) is 0 Å². The van der Waals surface area contributed by atoms with Gasteiger partial charge in [-0.2, -0.15) is 0 Å². The zero-order chi connectivity index (χ0) is 13.1. The quantitative estimate of drug-likeness (QED) is 0.704. The molecule has 0 saturated heterocycles. The van der Waals surface area contributed by atoms with Crippen molar-refractivity contribution in [1.82, 2.24) is 24.9 Å². The highest BCUT2D eigenvalue weighted by Gasteiger charge is 2.04. The Morgan fingerprint density at radius 2 is 2.16 bits per heavy atom. The van der Waals surface area contributed by atoms with Gasteiger partial charge in [0.2, 0.25) is 0 Å². The first kappa shape index (κ1) is 11.9. The lowest BCUT2D eigenvalue weighted by atomic mass is 10.2. The van der Waals surface area contributed by atoms with Gasteiger partial charge in [-0.15, -0.1) is 5.10 Å². The van der Waals surface area contributed by atoms with Crippen LogP contribution in [-0.4, -0.2) is 26.1 Å². The first-order chi connectivity index (χ1) is 9.34. The molecule has 0 bridgehead atoms. The molecule has 98 valence electrons. The number of nitrogens with one attached hydrogen (secondary N) is 1. The predicted molar refractivity (Wildman–Crippen MR) is 74.6 cm³/mol. The van der Waals surface area contributed by atoms with Gasteiger partial charge in [-0.3, -0.25) is 4.68 Å². The van der Waals surface area contributed by atoms with Crippen LogP contribution in [0.5, 0.6) is 0 Å². The number of aromatic nitrogens is 4. The van der Waals surface area contributed by atoms with E-state index in [1.165, 1.54) is 16.5 Å². The molecule has 0 saturated carbocycles. The molecule has 5 nitrogen and oxygen atoms in total. The van der Waals surface area contributed by atoms with E-state index in [9.17, 15) is 0 Å². The zero-order valence-electron chi connectivity index (χ0n) is 11.0. The van der Waals surface area contributed by atoms with Crippen molar-refractivity contribution < 1.29 is 0 Å². The van der Waals surface area contributed by atoms with E-state index >= 15 is 0 Å². The minimum atomic E-state index is 0.838. The second kappa shape index (κ2) is 5.24. The second-order valence-corrected chi connectivity index (χ2v) is 4.63. The van der Waals surface area contributed by atoms with Crippen molar-refractivity contribution in [2.45, 2.75) is 13.1 Å². The number of hydrogen-bond acceptors (Lipinski definition) is 3. The Morgan fingerprint density at radius 1 is 1.26 bits per heavy atom. The molecule has 0 amide bonds. The van der Waals surface area contributed by atoms with Crippen molar-refractivity contribution in [2.24, 2.45) is 7.05 Å². The molecule has 0 aliphatic carbocycles. The highest BCUT2D eigenvalue weighted by atomic mass is 15.4. The molecule has 3 aromatic rings. The summed E-state index contributed by atoms with van der Waals surface area (Å²) in [6.07, 6.45) is 5.76. The van der Waals surface area contributed by atoms with E-state index in [1.807, 2.05) is 10.9 Å². The summed E-state index contributed by atoms with van der Waals surface area (Å²) in [5, 5.41) is 12.5. The van der Waals surface area contributed by atoms with Crippen LogP contribution in [0.3, 0.4) is 0 Å². The van der Waals surface area contributed by atoms with Crippen LogP contribution in [0.4, 0.5) is 0 Å². The minimum absolute atomic E-state index is 0.838. The maximum absolute atomic E-state index is 3.94. The molecule has 19 heavy (non-hydrogen) atoms. The third-order valence-corrected chi connectivity index (χ3v) is 3.28. The fourth-order valence-corrected chi connectivity index (χ4v) is 2.34. The molecule has 0 aliphatic heterocycles. The van der Waals surface area contributed by atoms with Gasteiger partial charge < -0.3 is 9.88 Å². The van der Waals surface area contributed by atoms with Gasteiger partial charge in [0.05, 0.1) is 12.7 Å². The molecule has 3 rings (SSSR count). The second-order valence-electron chi connectivity index (χ2n) is 4.63. The number of aryl methyl sites for hydroxylation is 1. The van der Waals surface area contributed by atoms with Crippen molar-refractivity contribution in [3.63, 3.8) is 0 Å². The number of rotatable bonds is 5. The van der Waals surface area contributed by atoms with Gasteiger partial charge >= 0.3 is 0 Å². The molecule has 0 aliphatic rings. The third kappa shape index (κ3) is 2.51. The van der Waals surface area contributed by atoms with Crippen LogP contribution < -0.4 is 5.32 Å². The molecule has 1 aromatic carbocycles. The Hall–Kier alpha value is -2.14. The average molecular weight is 255 g/mol. The van der Waals surface area contributed by atoms with Crippen LogP contribution in [0.1, 0.15) is 5.56 Å². The van der Waals surface area contributed by atoms with Crippen LogP contribution >= 0.6 is 0 Å². The Kier molecular flexibility index (Phi) is 3.29. The summed E-state index contributed by atoms with van der Waals surface area (Å²) in [4.78, 5) is 0. The Labute approximate surface area is 111 Å². The number of hydrogen-bond donors (Lipinski definition) is 1. The summed E-state index contributed by atoms with van der Waals surface area (Å²) in [6, 6.07) is 8.48. The monoisotopic (exact) mass is 255 g/mol. The number of fused-ring (bicyclic) bond motifs is 1. The van der Waals surface area contributed by atoms with E-state index in [0.29, 0.717) is 0 Å². The molecule has 0 radical (unpaired) electrons.